The standard InChI is InChI=1S/C14H19NO2/c1-17-13-4-2-3-12(5-13)14(16)6-10-8-15-9-11(10)7-14/h2-5,10-11,15-16H,6-9H2,1H3. The maximum absolute atomic E-state index is 10.8. The molecule has 2 N–H and O–H groups in total. The van der Waals surface area contributed by atoms with E-state index in [1.807, 2.05) is 24.3 Å². The monoisotopic (exact) mass is 233 g/mol. The van der Waals surface area contributed by atoms with Crippen molar-refractivity contribution in [1.82, 2.24) is 5.32 Å². The van der Waals surface area contributed by atoms with Crippen LogP contribution in [0, 0.1) is 11.8 Å². The predicted molar refractivity (Wildman–Crippen MR) is 66.0 cm³/mol. The van der Waals surface area contributed by atoms with E-state index in [0.29, 0.717) is 11.8 Å². The molecule has 3 rings (SSSR count). The van der Waals surface area contributed by atoms with Gasteiger partial charge in [-0.25, -0.2) is 0 Å². The van der Waals surface area contributed by atoms with Gasteiger partial charge >= 0.3 is 0 Å². The van der Waals surface area contributed by atoms with E-state index in [0.717, 1.165) is 37.2 Å². The van der Waals surface area contributed by atoms with Crippen LogP contribution in [-0.4, -0.2) is 25.3 Å². The van der Waals surface area contributed by atoms with Crippen molar-refractivity contribution in [3.05, 3.63) is 29.8 Å². The second-order valence-corrected chi connectivity index (χ2v) is 5.35. The van der Waals surface area contributed by atoms with Crippen LogP contribution in [0.5, 0.6) is 5.75 Å². The van der Waals surface area contributed by atoms with Crippen LogP contribution in [0.1, 0.15) is 18.4 Å². The molecule has 1 aromatic rings. The van der Waals surface area contributed by atoms with Gasteiger partial charge in [-0.3, -0.25) is 0 Å². The van der Waals surface area contributed by atoms with E-state index in [1.165, 1.54) is 0 Å². The molecule has 1 heterocycles. The minimum atomic E-state index is -0.647. The number of ether oxygens (including phenoxy) is 1. The van der Waals surface area contributed by atoms with Crippen LogP contribution in [0.3, 0.4) is 0 Å². The van der Waals surface area contributed by atoms with Gasteiger partial charge in [0.2, 0.25) is 0 Å². The quantitative estimate of drug-likeness (QED) is 0.813. The van der Waals surface area contributed by atoms with Gasteiger partial charge in [0.15, 0.2) is 0 Å². The van der Waals surface area contributed by atoms with Gasteiger partial charge in [0.05, 0.1) is 12.7 Å². The molecular formula is C14H19NO2. The lowest BCUT2D eigenvalue weighted by atomic mass is 9.90. The van der Waals surface area contributed by atoms with Gasteiger partial charge in [0.1, 0.15) is 5.75 Å². The summed E-state index contributed by atoms with van der Waals surface area (Å²) < 4.78 is 5.23. The minimum absolute atomic E-state index is 0.631. The topological polar surface area (TPSA) is 41.5 Å². The summed E-state index contributed by atoms with van der Waals surface area (Å²) in [5.41, 5.74) is 0.359. The number of benzene rings is 1. The molecule has 92 valence electrons. The highest BCUT2D eigenvalue weighted by Gasteiger charge is 2.46. The fraction of sp³-hybridized carbons (Fsp3) is 0.571. The highest BCUT2D eigenvalue weighted by atomic mass is 16.5. The molecule has 1 saturated heterocycles. The summed E-state index contributed by atoms with van der Waals surface area (Å²) in [6.45, 7) is 2.11. The van der Waals surface area contributed by atoms with Crippen molar-refractivity contribution in [3.8, 4) is 5.75 Å². The lowest BCUT2D eigenvalue weighted by molar-refractivity contribution is 0.0356. The van der Waals surface area contributed by atoms with Gasteiger partial charge in [-0.1, -0.05) is 12.1 Å². The zero-order chi connectivity index (χ0) is 11.9. The highest BCUT2D eigenvalue weighted by molar-refractivity contribution is 5.33. The summed E-state index contributed by atoms with van der Waals surface area (Å²) >= 11 is 0. The van der Waals surface area contributed by atoms with Crippen LogP contribution in [-0.2, 0) is 5.60 Å². The molecule has 1 aliphatic heterocycles. The lowest BCUT2D eigenvalue weighted by Crippen LogP contribution is -2.25. The third-order valence-electron chi connectivity index (χ3n) is 4.29. The minimum Gasteiger partial charge on any atom is -0.497 e. The predicted octanol–water partition coefficient (Wildman–Crippen LogP) is 1.51. The molecule has 17 heavy (non-hydrogen) atoms. The Morgan fingerprint density at radius 1 is 1.29 bits per heavy atom. The first-order valence-electron chi connectivity index (χ1n) is 6.29. The smallest absolute Gasteiger partial charge is 0.119 e. The van der Waals surface area contributed by atoms with Gasteiger partial charge in [-0.05, 0) is 55.5 Å². The third kappa shape index (κ3) is 1.83. The Bertz CT molecular complexity index is 406. The summed E-state index contributed by atoms with van der Waals surface area (Å²) in [7, 11) is 1.66. The van der Waals surface area contributed by atoms with Crippen LogP contribution in [0.2, 0.25) is 0 Å². The van der Waals surface area contributed by atoms with E-state index >= 15 is 0 Å². The number of aliphatic hydroxyl groups is 1. The van der Waals surface area contributed by atoms with Crippen molar-refractivity contribution < 1.29 is 9.84 Å². The number of hydrogen-bond donors (Lipinski definition) is 2. The summed E-state index contributed by atoms with van der Waals surface area (Å²) in [4.78, 5) is 0. The van der Waals surface area contributed by atoms with E-state index in [9.17, 15) is 5.11 Å². The maximum Gasteiger partial charge on any atom is 0.119 e. The molecule has 3 nitrogen and oxygen atoms in total. The molecule has 2 atom stereocenters. The van der Waals surface area contributed by atoms with Crippen molar-refractivity contribution in [2.24, 2.45) is 11.8 Å². The summed E-state index contributed by atoms with van der Waals surface area (Å²) in [5, 5.41) is 14.2. The molecule has 0 spiro atoms. The number of hydrogen-bond acceptors (Lipinski definition) is 3. The Kier molecular flexibility index (Phi) is 2.60. The van der Waals surface area contributed by atoms with Crippen LogP contribution in [0.25, 0.3) is 0 Å². The Labute approximate surface area is 102 Å². The second kappa shape index (κ2) is 4.00. The molecular weight excluding hydrogens is 214 g/mol. The molecule has 3 heteroatoms. The molecule has 1 aliphatic carbocycles. The average Bonchev–Trinajstić information content (AvgIpc) is 2.88. The van der Waals surface area contributed by atoms with Gasteiger partial charge < -0.3 is 15.2 Å². The van der Waals surface area contributed by atoms with E-state index in [4.69, 9.17) is 4.74 Å². The summed E-state index contributed by atoms with van der Waals surface area (Å²) in [6.07, 6.45) is 1.75. The molecule has 2 unspecified atom stereocenters. The molecule has 2 aliphatic rings. The molecule has 0 amide bonds. The zero-order valence-electron chi connectivity index (χ0n) is 10.1. The molecule has 1 aromatic carbocycles. The average molecular weight is 233 g/mol. The maximum atomic E-state index is 10.8. The third-order valence-corrected chi connectivity index (χ3v) is 4.29. The van der Waals surface area contributed by atoms with E-state index in [-0.39, 0.29) is 0 Å². The van der Waals surface area contributed by atoms with Crippen LogP contribution in [0.15, 0.2) is 24.3 Å². The fourth-order valence-electron chi connectivity index (χ4n) is 3.36. The van der Waals surface area contributed by atoms with Crippen molar-refractivity contribution in [2.75, 3.05) is 20.2 Å². The first-order valence-corrected chi connectivity index (χ1v) is 6.29. The van der Waals surface area contributed by atoms with Gasteiger partial charge in [0.25, 0.3) is 0 Å². The van der Waals surface area contributed by atoms with Crippen LogP contribution >= 0.6 is 0 Å². The van der Waals surface area contributed by atoms with Gasteiger partial charge in [-0.15, -0.1) is 0 Å². The normalized spacial score (nSPS) is 35.9. The van der Waals surface area contributed by atoms with E-state index < -0.39 is 5.60 Å². The Balaban J connectivity index is 1.87. The molecule has 1 saturated carbocycles. The molecule has 2 fully saturated rings. The van der Waals surface area contributed by atoms with Crippen molar-refractivity contribution in [3.63, 3.8) is 0 Å². The Morgan fingerprint density at radius 2 is 2.00 bits per heavy atom. The first-order chi connectivity index (χ1) is 8.21. The van der Waals surface area contributed by atoms with Crippen molar-refractivity contribution >= 4 is 0 Å². The van der Waals surface area contributed by atoms with Crippen LogP contribution < -0.4 is 10.1 Å². The SMILES string of the molecule is COc1cccc(C2(O)CC3CNCC3C2)c1. The van der Waals surface area contributed by atoms with Crippen LogP contribution in [0.4, 0.5) is 0 Å². The Hall–Kier alpha value is -1.06. The van der Waals surface area contributed by atoms with Gasteiger partial charge in [0, 0.05) is 0 Å². The Morgan fingerprint density at radius 3 is 2.65 bits per heavy atom. The molecule has 0 radical (unpaired) electrons. The number of methoxy groups -OCH3 is 1. The lowest BCUT2D eigenvalue weighted by Gasteiger charge is -2.24. The van der Waals surface area contributed by atoms with Crippen molar-refractivity contribution in [2.45, 2.75) is 18.4 Å². The fourth-order valence-corrected chi connectivity index (χ4v) is 3.36. The molecule has 0 bridgehead atoms. The number of fused-ring (bicyclic) bond motifs is 1. The van der Waals surface area contributed by atoms with Crippen molar-refractivity contribution in [1.29, 1.82) is 0 Å². The number of nitrogens with one attached hydrogen (secondary N) is 1. The van der Waals surface area contributed by atoms with Gasteiger partial charge in [-0.2, -0.15) is 0 Å². The number of rotatable bonds is 2. The zero-order valence-corrected chi connectivity index (χ0v) is 10.1. The molecule has 0 aromatic heterocycles. The first kappa shape index (κ1) is 11.1. The summed E-state index contributed by atoms with van der Waals surface area (Å²) in [5.74, 6) is 2.09. The van der Waals surface area contributed by atoms with E-state index in [2.05, 4.69) is 5.32 Å². The second-order valence-electron chi connectivity index (χ2n) is 5.35. The highest BCUT2D eigenvalue weighted by Crippen LogP contribution is 2.47. The largest absolute Gasteiger partial charge is 0.497 e. The van der Waals surface area contributed by atoms with E-state index in [1.54, 1.807) is 7.11 Å². The summed E-state index contributed by atoms with van der Waals surface area (Å²) in [6, 6.07) is 7.86.